The van der Waals surface area contributed by atoms with E-state index in [1.807, 2.05) is 0 Å². The average Bonchev–Trinajstić information content (AvgIpc) is 3.46. The maximum absolute atomic E-state index is 13.0. The maximum Gasteiger partial charge on any atom is 0.280 e. The van der Waals surface area contributed by atoms with Crippen molar-refractivity contribution in [3.63, 3.8) is 0 Å². The van der Waals surface area contributed by atoms with E-state index in [4.69, 9.17) is 9.56 Å². The smallest absolute Gasteiger partial charge is 0.280 e. The minimum absolute atomic E-state index is 0.0733. The summed E-state index contributed by atoms with van der Waals surface area (Å²) in [6.45, 7) is 1.67. The Balaban J connectivity index is 1.41. The molecule has 0 unspecified atom stereocenters. The summed E-state index contributed by atoms with van der Waals surface area (Å²) < 4.78 is 28.7. The highest BCUT2D eigenvalue weighted by Crippen LogP contribution is 2.29. The van der Waals surface area contributed by atoms with Gasteiger partial charge in [0.15, 0.2) is 0 Å². The molecule has 2 aliphatic rings. The van der Waals surface area contributed by atoms with Gasteiger partial charge in [0.1, 0.15) is 11.5 Å². The van der Waals surface area contributed by atoms with Crippen LogP contribution in [0.3, 0.4) is 0 Å². The number of sulfonamides is 1. The Labute approximate surface area is 193 Å². The van der Waals surface area contributed by atoms with Crippen LogP contribution >= 0.6 is 0 Å². The van der Waals surface area contributed by atoms with Crippen LogP contribution in [0.4, 0.5) is 5.69 Å². The molecule has 5 rings (SSSR count). The number of anilines is 1. The summed E-state index contributed by atoms with van der Waals surface area (Å²) in [6, 6.07) is 13.7. The van der Waals surface area contributed by atoms with Crippen LogP contribution in [-0.2, 0) is 14.8 Å². The molecule has 0 radical (unpaired) electrons. The van der Waals surface area contributed by atoms with Crippen molar-refractivity contribution in [3.8, 4) is 11.3 Å². The van der Waals surface area contributed by atoms with Crippen molar-refractivity contribution in [2.45, 2.75) is 11.8 Å². The van der Waals surface area contributed by atoms with Crippen LogP contribution < -0.4 is 15.5 Å². The van der Waals surface area contributed by atoms with Gasteiger partial charge in [-0.2, -0.15) is 10.1 Å². The molecular formula is C23H16N4O6S. The second-order valence-corrected chi connectivity index (χ2v) is 9.21. The van der Waals surface area contributed by atoms with Gasteiger partial charge in [-0.25, -0.2) is 13.6 Å². The van der Waals surface area contributed by atoms with Gasteiger partial charge in [-0.3, -0.25) is 19.7 Å². The Bertz CT molecular complexity index is 1560. The van der Waals surface area contributed by atoms with Gasteiger partial charge in [-0.15, -0.1) is 0 Å². The predicted molar refractivity (Wildman–Crippen MR) is 122 cm³/mol. The van der Waals surface area contributed by atoms with E-state index in [1.165, 1.54) is 24.3 Å². The summed E-state index contributed by atoms with van der Waals surface area (Å²) in [4.78, 5) is 36.5. The lowest BCUT2D eigenvalue weighted by molar-refractivity contribution is -0.114. The molecule has 11 heteroatoms. The Hall–Kier alpha value is -4.35. The van der Waals surface area contributed by atoms with Crippen molar-refractivity contribution in [1.29, 1.82) is 0 Å². The second-order valence-electron chi connectivity index (χ2n) is 7.64. The Kier molecular flexibility index (Phi) is 4.81. The van der Waals surface area contributed by atoms with E-state index in [-0.39, 0.29) is 10.5 Å². The van der Waals surface area contributed by atoms with Gasteiger partial charge >= 0.3 is 0 Å². The number of rotatable bonds is 4. The Morgan fingerprint density at radius 1 is 0.971 bits per heavy atom. The molecular weight excluding hydrogens is 460 g/mol. The van der Waals surface area contributed by atoms with Gasteiger partial charge < -0.3 is 4.42 Å². The number of nitrogens with two attached hydrogens (primary N) is 1. The lowest BCUT2D eigenvalue weighted by Gasteiger charge is -2.11. The zero-order valence-electron chi connectivity index (χ0n) is 17.6. The van der Waals surface area contributed by atoms with Crippen LogP contribution in [0.2, 0.25) is 0 Å². The minimum Gasteiger partial charge on any atom is -0.457 e. The fraction of sp³-hybridized carbons (Fsp3) is 0.0435. The van der Waals surface area contributed by atoms with E-state index in [9.17, 15) is 22.8 Å². The molecule has 0 saturated heterocycles. The number of primary sulfonamides is 1. The molecule has 0 spiro atoms. The number of fused-ring (bicyclic) bond motifs is 1. The highest BCUT2D eigenvalue weighted by molar-refractivity contribution is 7.89. The first-order valence-electron chi connectivity index (χ1n) is 9.96. The average molecular weight is 476 g/mol. The second kappa shape index (κ2) is 7.61. The van der Waals surface area contributed by atoms with E-state index < -0.39 is 27.7 Å². The van der Waals surface area contributed by atoms with E-state index in [0.29, 0.717) is 39.6 Å². The highest BCUT2D eigenvalue weighted by Gasteiger charge is 2.30. The van der Waals surface area contributed by atoms with E-state index in [1.54, 1.807) is 43.3 Å². The van der Waals surface area contributed by atoms with Crippen LogP contribution in [0.1, 0.15) is 33.4 Å². The molecule has 2 aromatic carbocycles. The van der Waals surface area contributed by atoms with Gasteiger partial charge in [0, 0.05) is 5.56 Å². The van der Waals surface area contributed by atoms with Crippen molar-refractivity contribution in [2.24, 2.45) is 10.2 Å². The zero-order valence-corrected chi connectivity index (χ0v) is 18.4. The number of hydrazone groups is 1. The van der Waals surface area contributed by atoms with Gasteiger partial charge in [0.25, 0.3) is 17.7 Å². The van der Waals surface area contributed by atoms with Crippen molar-refractivity contribution in [3.05, 3.63) is 77.1 Å². The normalized spacial score (nSPS) is 16.8. The number of carbonyl (C=O) groups is 3. The van der Waals surface area contributed by atoms with Gasteiger partial charge in [0.05, 0.1) is 33.0 Å². The summed E-state index contributed by atoms with van der Waals surface area (Å²) in [5, 5.41) is 12.8. The largest absolute Gasteiger partial charge is 0.457 e. The summed E-state index contributed by atoms with van der Waals surface area (Å²) >= 11 is 0. The molecule has 1 aromatic heterocycles. The van der Waals surface area contributed by atoms with Crippen molar-refractivity contribution in [1.82, 2.24) is 5.32 Å². The molecule has 0 fully saturated rings. The van der Waals surface area contributed by atoms with Crippen molar-refractivity contribution in [2.75, 3.05) is 5.01 Å². The topological polar surface area (TPSA) is 152 Å². The number of nitrogens with one attached hydrogen (secondary N) is 1. The number of hydrogen-bond donors (Lipinski definition) is 2. The quantitative estimate of drug-likeness (QED) is 0.435. The molecule has 3 heterocycles. The molecule has 0 saturated carbocycles. The first-order chi connectivity index (χ1) is 16.1. The molecule has 10 nitrogen and oxygen atoms in total. The first-order valence-corrected chi connectivity index (χ1v) is 11.5. The number of imide groups is 1. The van der Waals surface area contributed by atoms with Crippen LogP contribution in [0, 0.1) is 0 Å². The predicted octanol–water partition coefficient (Wildman–Crippen LogP) is 2.28. The van der Waals surface area contributed by atoms with Gasteiger partial charge in [0.2, 0.25) is 10.0 Å². The molecule has 3 amide bonds. The van der Waals surface area contributed by atoms with E-state index in [0.717, 1.165) is 5.01 Å². The van der Waals surface area contributed by atoms with Crippen molar-refractivity contribution >= 4 is 45.2 Å². The third-order valence-electron chi connectivity index (χ3n) is 5.41. The number of furan rings is 1. The summed E-state index contributed by atoms with van der Waals surface area (Å²) in [7, 11) is -3.85. The zero-order chi connectivity index (χ0) is 24.2. The lowest BCUT2D eigenvalue weighted by atomic mass is 10.0. The molecule has 34 heavy (non-hydrogen) atoms. The molecule has 0 aliphatic carbocycles. The molecule has 0 atom stereocenters. The van der Waals surface area contributed by atoms with Gasteiger partial charge in [-0.05, 0) is 61.5 Å². The van der Waals surface area contributed by atoms with Gasteiger partial charge in [-0.1, -0.05) is 6.07 Å². The Morgan fingerprint density at radius 2 is 1.68 bits per heavy atom. The molecule has 0 bridgehead atoms. The standard InChI is InChI=1S/C23H16N4O6S/c1-12-18(23(30)27(26-12)14-3-6-16(7-4-14)34(24,31)32)11-15-5-9-20(33-15)13-2-8-17-19(10-13)22(29)25-21(17)28/h2-11H,1H3,(H2,24,31,32)(H,25,28,29)/b18-11+. The lowest BCUT2D eigenvalue weighted by Crippen LogP contribution is -2.21. The molecule has 170 valence electrons. The number of hydrogen-bond acceptors (Lipinski definition) is 7. The monoisotopic (exact) mass is 476 g/mol. The number of benzene rings is 2. The number of amides is 3. The SMILES string of the molecule is CC1=NN(c2ccc(S(N)(=O)=O)cc2)C(=O)/C1=C/c1ccc(-c2ccc3c(c2)C(=O)NC3=O)o1. The van der Waals surface area contributed by atoms with Crippen LogP contribution in [0.5, 0.6) is 0 Å². The fourth-order valence-electron chi connectivity index (χ4n) is 3.69. The van der Waals surface area contributed by atoms with E-state index in [2.05, 4.69) is 10.4 Å². The third kappa shape index (κ3) is 3.62. The number of carbonyl (C=O) groups excluding carboxylic acids is 3. The fourth-order valence-corrected chi connectivity index (χ4v) is 4.20. The number of nitrogens with zero attached hydrogens (tertiary/aromatic N) is 2. The third-order valence-corrected chi connectivity index (χ3v) is 6.34. The van der Waals surface area contributed by atoms with Crippen LogP contribution in [0.25, 0.3) is 17.4 Å². The summed E-state index contributed by atoms with van der Waals surface area (Å²) in [6.07, 6.45) is 1.55. The first kappa shape index (κ1) is 21.5. The molecule has 3 N–H and O–H groups in total. The summed E-state index contributed by atoms with van der Waals surface area (Å²) in [5.74, 6) is -0.463. The highest BCUT2D eigenvalue weighted by atomic mass is 32.2. The van der Waals surface area contributed by atoms with E-state index >= 15 is 0 Å². The Morgan fingerprint density at radius 3 is 2.38 bits per heavy atom. The molecule has 3 aromatic rings. The van der Waals surface area contributed by atoms with Crippen LogP contribution in [0.15, 0.2) is 74.6 Å². The molecule has 2 aliphatic heterocycles. The minimum atomic E-state index is -3.85. The van der Waals surface area contributed by atoms with Crippen LogP contribution in [-0.4, -0.2) is 31.9 Å². The maximum atomic E-state index is 13.0. The van der Waals surface area contributed by atoms with Crippen molar-refractivity contribution < 1.29 is 27.2 Å². The summed E-state index contributed by atoms with van der Waals surface area (Å²) in [5.41, 5.74) is 2.32.